The van der Waals surface area contributed by atoms with Gasteiger partial charge in [-0.2, -0.15) is 13.2 Å². The number of halogens is 3. The number of nitrogens with one attached hydrogen (secondary N) is 1. The summed E-state index contributed by atoms with van der Waals surface area (Å²) in [5.74, 6) is -4.81. The average Bonchev–Trinajstić information content (AvgIpc) is 3.15. The number of nitrogens with zero attached hydrogens (tertiary/aromatic N) is 2. The molecule has 2 fully saturated rings. The van der Waals surface area contributed by atoms with Crippen LogP contribution in [0.3, 0.4) is 0 Å². The largest absolute Gasteiger partial charge is 0.490 e. The van der Waals surface area contributed by atoms with Crippen LogP contribution in [0.2, 0.25) is 0 Å². The van der Waals surface area contributed by atoms with E-state index >= 15 is 0 Å². The van der Waals surface area contributed by atoms with Crippen molar-refractivity contribution in [2.75, 3.05) is 46.1 Å². The maximum Gasteiger partial charge on any atom is 0.490 e. The molecule has 2 aromatic rings. The van der Waals surface area contributed by atoms with Gasteiger partial charge in [0.1, 0.15) is 6.04 Å². The van der Waals surface area contributed by atoms with Gasteiger partial charge >= 0.3 is 18.1 Å². The number of fused-ring (bicyclic) bond motifs is 3. The van der Waals surface area contributed by atoms with Crippen LogP contribution in [-0.2, 0) is 46.3 Å². The summed E-state index contributed by atoms with van der Waals surface area (Å²) in [4.78, 5) is 65.0. The third-order valence-electron chi connectivity index (χ3n) is 7.74. The Morgan fingerprint density at radius 1 is 0.957 bits per heavy atom. The van der Waals surface area contributed by atoms with E-state index in [1.54, 1.807) is 0 Å². The third kappa shape index (κ3) is 9.76. The molecule has 3 heterocycles. The SMILES string of the molecule is O=C(CN1CCOCC1)S[C@@H](Cc1ccccc1)C(=O)N[C@H]1Cc2ccccc2[C@H]2COC[C@@H](C(=O)O)N2C1=O.O=C(O)C(F)(F)F. The summed E-state index contributed by atoms with van der Waals surface area (Å²) in [6.45, 7) is 2.71. The lowest BCUT2D eigenvalue weighted by molar-refractivity contribution is -0.192. The number of morpholine rings is 2. The Kier molecular flexibility index (Phi) is 12.4. The maximum absolute atomic E-state index is 13.9. The van der Waals surface area contributed by atoms with Gasteiger partial charge in [0.2, 0.25) is 16.9 Å². The van der Waals surface area contributed by atoms with Gasteiger partial charge in [-0.05, 0) is 23.1 Å². The van der Waals surface area contributed by atoms with Crippen LogP contribution >= 0.6 is 11.8 Å². The fraction of sp³-hybridized carbons (Fsp3) is 0.452. The van der Waals surface area contributed by atoms with Gasteiger partial charge in [-0.1, -0.05) is 66.4 Å². The molecule has 3 N–H and O–H groups in total. The zero-order chi connectivity index (χ0) is 34.1. The van der Waals surface area contributed by atoms with Gasteiger partial charge in [0.15, 0.2) is 6.04 Å². The highest BCUT2D eigenvalue weighted by molar-refractivity contribution is 8.14. The molecule has 2 amide bonds. The first kappa shape index (κ1) is 35.9. The normalized spacial score (nSPS) is 22.0. The summed E-state index contributed by atoms with van der Waals surface area (Å²) in [6.07, 6.45) is -4.56. The number of thioether (sulfide) groups is 1. The molecule has 4 atom stereocenters. The topological polar surface area (TPSA) is 163 Å². The Labute approximate surface area is 272 Å². The fourth-order valence-corrected chi connectivity index (χ4v) is 6.50. The Hall–Kier alpha value is -3.99. The molecule has 0 spiro atoms. The van der Waals surface area contributed by atoms with Crippen molar-refractivity contribution in [3.05, 3.63) is 71.3 Å². The van der Waals surface area contributed by atoms with Crippen LogP contribution in [0.15, 0.2) is 54.6 Å². The lowest BCUT2D eigenvalue weighted by Crippen LogP contribution is -2.59. The fourth-order valence-electron chi connectivity index (χ4n) is 5.47. The van der Waals surface area contributed by atoms with Crippen molar-refractivity contribution >= 4 is 40.6 Å². The molecule has 5 rings (SSSR count). The number of aliphatic carboxylic acids is 2. The Morgan fingerprint density at radius 3 is 2.23 bits per heavy atom. The summed E-state index contributed by atoms with van der Waals surface area (Å²) >= 11 is 0.978. The summed E-state index contributed by atoms with van der Waals surface area (Å²) in [6, 6.07) is 14.2. The number of amides is 2. The number of benzene rings is 2. The molecule has 47 heavy (non-hydrogen) atoms. The molecule has 0 unspecified atom stereocenters. The van der Waals surface area contributed by atoms with Gasteiger partial charge < -0.3 is 29.9 Å². The van der Waals surface area contributed by atoms with Gasteiger partial charge in [0.05, 0.1) is 44.3 Å². The number of hydrogen-bond acceptors (Lipinski definition) is 9. The Balaban J connectivity index is 0.000000644. The van der Waals surface area contributed by atoms with E-state index in [1.807, 2.05) is 59.5 Å². The molecule has 254 valence electrons. The van der Waals surface area contributed by atoms with Crippen molar-refractivity contribution in [2.24, 2.45) is 0 Å². The standard InChI is InChI=1S/C29H33N3O7S.C2HF3O2/c33-26(16-31-10-12-38-13-11-31)40-25(14-19-6-2-1-3-7-19)27(34)30-22-15-20-8-4-5-9-21(20)23-17-39-18-24(29(36)37)32(23)28(22)35;3-2(4,5)1(6)7/h1-9,22-25H,10-18H2,(H,30,34)(H,36,37);(H,6,7)/t22-,23+,24-,25-;/m0./s1. The summed E-state index contributed by atoms with van der Waals surface area (Å²) in [7, 11) is 0. The molecule has 0 radical (unpaired) electrons. The zero-order valence-electron chi connectivity index (χ0n) is 25.1. The van der Waals surface area contributed by atoms with Crippen molar-refractivity contribution in [1.82, 2.24) is 15.1 Å². The second-order valence-corrected chi connectivity index (χ2v) is 12.2. The van der Waals surface area contributed by atoms with E-state index in [0.717, 1.165) is 28.5 Å². The Bertz CT molecular complexity index is 1440. The first-order valence-electron chi connectivity index (χ1n) is 14.7. The molecule has 0 aliphatic carbocycles. The highest BCUT2D eigenvalue weighted by Gasteiger charge is 2.45. The van der Waals surface area contributed by atoms with Gasteiger partial charge in [-0.3, -0.25) is 19.3 Å². The number of ether oxygens (including phenoxy) is 2. The monoisotopic (exact) mass is 681 g/mol. The number of carboxylic acid groups (broad SMARTS) is 2. The summed E-state index contributed by atoms with van der Waals surface area (Å²) < 4.78 is 42.7. The molecule has 0 aromatic heterocycles. The van der Waals surface area contributed by atoms with E-state index in [1.165, 1.54) is 4.90 Å². The van der Waals surface area contributed by atoms with E-state index in [4.69, 9.17) is 19.4 Å². The van der Waals surface area contributed by atoms with Crippen LogP contribution in [0.25, 0.3) is 0 Å². The second-order valence-electron chi connectivity index (χ2n) is 11.0. The smallest absolute Gasteiger partial charge is 0.480 e. The zero-order valence-corrected chi connectivity index (χ0v) is 25.9. The van der Waals surface area contributed by atoms with Crippen LogP contribution in [0, 0.1) is 0 Å². The van der Waals surface area contributed by atoms with Crippen molar-refractivity contribution in [1.29, 1.82) is 0 Å². The van der Waals surface area contributed by atoms with Crippen LogP contribution in [0.5, 0.6) is 0 Å². The molecule has 2 saturated heterocycles. The van der Waals surface area contributed by atoms with E-state index in [0.29, 0.717) is 32.7 Å². The highest BCUT2D eigenvalue weighted by atomic mass is 32.2. The number of rotatable bonds is 8. The lowest BCUT2D eigenvalue weighted by Gasteiger charge is -2.40. The van der Waals surface area contributed by atoms with E-state index < -0.39 is 53.3 Å². The van der Waals surface area contributed by atoms with Gasteiger partial charge in [-0.25, -0.2) is 9.59 Å². The first-order chi connectivity index (χ1) is 22.3. The van der Waals surface area contributed by atoms with Crippen molar-refractivity contribution in [3.63, 3.8) is 0 Å². The molecule has 3 aliphatic heterocycles. The second kappa shape index (κ2) is 16.2. The highest BCUT2D eigenvalue weighted by Crippen LogP contribution is 2.34. The minimum absolute atomic E-state index is 0.122. The number of carbonyl (C=O) groups excluding carboxylic acids is 3. The van der Waals surface area contributed by atoms with E-state index in [-0.39, 0.29) is 31.3 Å². The minimum atomic E-state index is -5.08. The third-order valence-corrected chi connectivity index (χ3v) is 8.80. The Morgan fingerprint density at radius 2 is 1.60 bits per heavy atom. The molecular formula is C31H34F3N3O9S. The molecular weight excluding hydrogens is 647 g/mol. The van der Waals surface area contributed by atoms with E-state index in [2.05, 4.69) is 5.32 Å². The predicted octanol–water partition coefficient (Wildman–Crippen LogP) is 1.92. The van der Waals surface area contributed by atoms with Crippen molar-refractivity contribution < 1.29 is 56.8 Å². The number of carbonyl (C=O) groups is 5. The molecule has 3 aliphatic rings. The van der Waals surface area contributed by atoms with Gasteiger partial charge in [0.25, 0.3) is 0 Å². The molecule has 12 nitrogen and oxygen atoms in total. The lowest BCUT2D eigenvalue weighted by atomic mass is 9.97. The quantitative estimate of drug-likeness (QED) is 0.373. The number of alkyl halides is 3. The minimum Gasteiger partial charge on any atom is -0.480 e. The predicted molar refractivity (Wildman–Crippen MR) is 161 cm³/mol. The first-order valence-corrected chi connectivity index (χ1v) is 15.6. The molecule has 0 bridgehead atoms. The van der Waals surface area contributed by atoms with Crippen LogP contribution in [0.1, 0.15) is 22.7 Å². The van der Waals surface area contributed by atoms with Gasteiger partial charge in [0, 0.05) is 19.5 Å². The number of carboxylic acids is 2. The summed E-state index contributed by atoms with van der Waals surface area (Å²) in [5.41, 5.74) is 2.56. The maximum atomic E-state index is 13.9. The summed E-state index contributed by atoms with van der Waals surface area (Å²) in [5, 5.41) is 19.0. The van der Waals surface area contributed by atoms with E-state index in [9.17, 15) is 37.5 Å². The van der Waals surface area contributed by atoms with Gasteiger partial charge in [-0.15, -0.1) is 0 Å². The average molecular weight is 682 g/mol. The molecule has 2 aromatic carbocycles. The molecule has 16 heteroatoms. The van der Waals surface area contributed by atoms with Crippen LogP contribution in [0.4, 0.5) is 13.2 Å². The van der Waals surface area contributed by atoms with Crippen LogP contribution in [-0.4, -0.2) is 118 Å². The van der Waals surface area contributed by atoms with Crippen molar-refractivity contribution in [2.45, 2.75) is 42.4 Å². The van der Waals surface area contributed by atoms with Crippen LogP contribution < -0.4 is 5.32 Å². The van der Waals surface area contributed by atoms with Crippen molar-refractivity contribution in [3.8, 4) is 0 Å². The molecule has 0 saturated carbocycles. The number of hydrogen-bond donors (Lipinski definition) is 3.